The predicted molar refractivity (Wildman–Crippen MR) is 116 cm³/mol. The lowest BCUT2D eigenvalue weighted by atomic mass is 9.89. The van der Waals surface area contributed by atoms with E-state index in [1.165, 1.54) is 0 Å². The van der Waals surface area contributed by atoms with Gasteiger partial charge in [0.2, 0.25) is 11.7 Å². The van der Waals surface area contributed by atoms with Crippen molar-refractivity contribution in [2.75, 3.05) is 25.5 Å². The highest BCUT2D eigenvalue weighted by molar-refractivity contribution is 7.08. The minimum Gasteiger partial charge on any atom is -0.497 e. The molecule has 4 heterocycles. The van der Waals surface area contributed by atoms with Gasteiger partial charge in [0.15, 0.2) is 0 Å². The lowest BCUT2D eigenvalue weighted by Gasteiger charge is -2.25. The first-order chi connectivity index (χ1) is 15.1. The van der Waals surface area contributed by atoms with E-state index in [0.717, 1.165) is 30.1 Å². The highest BCUT2D eigenvalue weighted by Crippen LogP contribution is 2.33. The number of benzene rings is 1. The molecule has 5 rings (SSSR count). The second kappa shape index (κ2) is 8.14. The topological polar surface area (TPSA) is 89.3 Å². The number of hydrogen-bond donors (Lipinski definition) is 1. The number of methoxy groups -OCH3 is 1. The molecule has 0 unspecified atom stereocenters. The van der Waals surface area contributed by atoms with E-state index in [-0.39, 0.29) is 11.8 Å². The minimum atomic E-state index is -0.286. The van der Waals surface area contributed by atoms with E-state index in [9.17, 15) is 9.59 Å². The lowest BCUT2D eigenvalue weighted by molar-refractivity contribution is -0.129. The van der Waals surface area contributed by atoms with Gasteiger partial charge in [-0.3, -0.25) is 9.59 Å². The van der Waals surface area contributed by atoms with Crippen molar-refractivity contribution in [3.63, 3.8) is 0 Å². The van der Waals surface area contributed by atoms with Crippen LogP contribution in [0.5, 0.6) is 5.75 Å². The SMILES string of the molecule is COc1ccc(NC(=O)c2nnc3n2C[C@@H]2CN(C(=O)Cc4ccsc4)C[C@@H]2C3)cc1. The summed E-state index contributed by atoms with van der Waals surface area (Å²) in [5, 5.41) is 15.3. The summed E-state index contributed by atoms with van der Waals surface area (Å²) in [5.41, 5.74) is 1.74. The second-order valence-corrected chi connectivity index (χ2v) is 8.84. The number of ether oxygens (including phenoxy) is 1. The quantitative estimate of drug-likeness (QED) is 0.662. The smallest absolute Gasteiger partial charge is 0.293 e. The maximum absolute atomic E-state index is 12.8. The summed E-state index contributed by atoms with van der Waals surface area (Å²) < 4.78 is 7.06. The largest absolute Gasteiger partial charge is 0.497 e. The molecule has 2 atom stereocenters. The van der Waals surface area contributed by atoms with Gasteiger partial charge in [-0.05, 0) is 58.5 Å². The zero-order chi connectivity index (χ0) is 21.4. The summed E-state index contributed by atoms with van der Waals surface area (Å²) in [4.78, 5) is 27.5. The summed E-state index contributed by atoms with van der Waals surface area (Å²) in [6, 6.07) is 9.16. The van der Waals surface area contributed by atoms with Crippen LogP contribution in [0.15, 0.2) is 41.1 Å². The first-order valence-electron chi connectivity index (χ1n) is 10.3. The van der Waals surface area contributed by atoms with E-state index in [1.54, 1.807) is 42.7 Å². The Bertz CT molecular complexity index is 1090. The number of aromatic nitrogens is 3. The van der Waals surface area contributed by atoms with Gasteiger partial charge in [-0.25, -0.2) is 0 Å². The molecule has 1 saturated heterocycles. The van der Waals surface area contributed by atoms with Crippen molar-refractivity contribution in [2.24, 2.45) is 11.8 Å². The molecule has 0 bridgehead atoms. The molecule has 1 fully saturated rings. The van der Waals surface area contributed by atoms with E-state index in [4.69, 9.17) is 4.74 Å². The molecule has 9 heteroatoms. The Kier molecular flexibility index (Phi) is 5.19. The van der Waals surface area contributed by atoms with Gasteiger partial charge in [-0.2, -0.15) is 11.3 Å². The first kappa shape index (κ1) is 19.7. The zero-order valence-corrected chi connectivity index (χ0v) is 18.0. The Morgan fingerprint density at radius 2 is 1.94 bits per heavy atom. The Hall–Kier alpha value is -3.20. The maximum atomic E-state index is 12.8. The molecule has 2 amide bonds. The van der Waals surface area contributed by atoms with E-state index in [1.807, 2.05) is 26.3 Å². The Morgan fingerprint density at radius 3 is 2.68 bits per heavy atom. The molecular formula is C22H23N5O3S. The number of hydrogen-bond acceptors (Lipinski definition) is 6. The number of carbonyl (C=O) groups is 2. The van der Waals surface area contributed by atoms with Crippen LogP contribution < -0.4 is 10.1 Å². The van der Waals surface area contributed by atoms with Gasteiger partial charge in [0.05, 0.1) is 13.5 Å². The molecule has 0 spiro atoms. The fraction of sp³-hybridized carbons (Fsp3) is 0.364. The molecule has 0 aliphatic carbocycles. The molecule has 160 valence electrons. The summed E-state index contributed by atoms with van der Waals surface area (Å²) >= 11 is 1.61. The predicted octanol–water partition coefficient (Wildman–Crippen LogP) is 2.47. The number of carbonyl (C=O) groups excluding carboxylic acids is 2. The van der Waals surface area contributed by atoms with Crippen LogP contribution in [-0.4, -0.2) is 51.7 Å². The van der Waals surface area contributed by atoms with Crippen molar-refractivity contribution in [1.82, 2.24) is 19.7 Å². The van der Waals surface area contributed by atoms with E-state index >= 15 is 0 Å². The molecule has 2 aromatic heterocycles. The minimum absolute atomic E-state index is 0.168. The van der Waals surface area contributed by atoms with Crippen LogP contribution >= 0.6 is 11.3 Å². The molecule has 0 radical (unpaired) electrons. The molecule has 0 saturated carbocycles. The standard InChI is InChI=1S/C22H23N5O3S/c1-30-18-4-2-17(3-5-18)23-22(29)21-25-24-19-9-15-10-26(11-16(15)12-27(19)21)20(28)8-14-6-7-31-13-14/h2-7,13,15-16H,8-12H2,1H3,(H,23,29)/t15-,16-/m0/s1. The third kappa shape index (κ3) is 3.93. The molecule has 3 aromatic rings. The monoisotopic (exact) mass is 437 g/mol. The van der Waals surface area contributed by atoms with Crippen molar-refractivity contribution in [2.45, 2.75) is 19.4 Å². The Balaban J connectivity index is 1.26. The summed E-state index contributed by atoms with van der Waals surface area (Å²) in [6.07, 6.45) is 1.18. The highest BCUT2D eigenvalue weighted by Gasteiger charge is 2.40. The number of nitrogens with one attached hydrogen (secondary N) is 1. The average Bonchev–Trinajstić information content (AvgIpc) is 3.51. The molecular weight excluding hydrogens is 414 g/mol. The van der Waals surface area contributed by atoms with Gasteiger partial charge < -0.3 is 19.5 Å². The van der Waals surface area contributed by atoms with Gasteiger partial charge in [0.25, 0.3) is 5.91 Å². The summed E-state index contributed by atoms with van der Waals surface area (Å²) in [6.45, 7) is 2.11. The number of amides is 2. The van der Waals surface area contributed by atoms with Crippen LogP contribution in [0.25, 0.3) is 0 Å². The Labute approximate surface area is 183 Å². The Morgan fingerprint density at radius 1 is 1.13 bits per heavy atom. The first-order valence-corrected chi connectivity index (χ1v) is 11.2. The van der Waals surface area contributed by atoms with Gasteiger partial charge in [-0.1, -0.05) is 0 Å². The average molecular weight is 438 g/mol. The van der Waals surface area contributed by atoms with Crippen LogP contribution in [0, 0.1) is 11.8 Å². The van der Waals surface area contributed by atoms with E-state index in [2.05, 4.69) is 15.5 Å². The van der Waals surface area contributed by atoms with Crippen molar-refractivity contribution in [3.8, 4) is 5.75 Å². The number of rotatable bonds is 5. The van der Waals surface area contributed by atoms with Gasteiger partial charge in [0.1, 0.15) is 11.6 Å². The number of likely N-dealkylation sites (tertiary alicyclic amines) is 1. The fourth-order valence-electron chi connectivity index (χ4n) is 4.44. The van der Waals surface area contributed by atoms with Crippen molar-refractivity contribution >= 4 is 28.8 Å². The van der Waals surface area contributed by atoms with Gasteiger partial charge in [0, 0.05) is 31.7 Å². The lowest BCUT2D eigenvalue weighted by Crippen LogP contribution is -2.31. The van der Waals surface area contributed by atoms with Crippen LogP contribution in [0.4, 0.5) is 5.69 Å². The van der Waals surface area contributed by atoms with Gasteiger partial charge >= 0.3 is 0 Å². The summed E-state index contributed by atoms with van der Waals surface area (Å²) in [5.74, 6) is 2.40. The van der Waals surface area contributed by atoms with Crippen LogP contribution in [0.3, 0.4) is 0 Å². The third-order valence-electron chi connectivity index (χ3n) is 6.10. The fourth-order valence-corrected chi connectivity index (χ4v) is 5.11. The number of anilines is 1. The number of nitrogens with zero attached hydrogens (tertiary/aromatic N) is 4. The highest BCUT2D eigenvalue weighted by atomic mass is 32.1. The summed E-state index contributed by atoms with van der Waals surface area (Å²) in [7, 11) is 1.60. The molecule has 1 N–H and O–H groups in total. The molecule has 2 aliphatic rings. The number of thiophene rings is 1. The van der Waals surface area contributed by atoms with Gasteiger partial charge in [-0.15, -0.1) is 10.2 Å². The number of fused-ring (bicyclic) bond motifs is 2. The molecule has 8 nitrogen and oxygen atoms in total. The molecule has 2 aliphatic heterocycles. The molecule has 31 heavy (non-hydrogen) atoms. The van der Waals surface area contributed by atoms with Crippen LogP contribution in [0.2, 0.25) is 0 Å². The van der Waals surface area contributed by atoms with Crippen molar-refractivity contribution in [1.29, 1.82) is 0 Å². The molecule has 1 aromatic carbocycles. The zero-order valence-electron chi connectivity index (χ0n) is 17.2. The van der Waals surface area contributed by atoms with E-state index < -0.39 is 0 Å². The van der Waals surface area contributed by atoms with Crippen LogP contribution in [-0.2, 0) is 24.2 Å². The van der Waals surface area contributed by atoms with Crippen molar-refractivity contribution < 1.29 is 14.3 Å². The van der Waals surface area contributed by atoms with Crippen LogP contribution in [0.1, 0.15) is 22.0 Å². The normalized spacial score (nSPS) is 19.6. The van der Waals surface area contributed by atoms with Crippen molar-refractivity contribution in [3.05, 3.63) is 58.3 Å². The van der Waals surface area contributed by atoms with E-state index in [0.29, 0.717) is 42.9 Å². The maximum Gasteiger partial charge on any atom is 0.293 e. The second-order valence-electron chi connectivity index (χ2n) is 8.06. The third-order valence-corrected chi connectivity index (χ3v) is 6.84.